The summed E-state index contributed by atoms with van der Waals surface area (Å²) in [6, 6.07) is 15.3. The lowest BCUT2D eigenvalue weighted by Gasteiger charge is -2.16. The lowest BCUT2D eigenvalue weighted by molar-refractivity contribution is -0.145. The van der Waals surface area contributed by atoms with Crippen LogP contribution < -0.4 is 4.74 Å². The third kappa shape index (κ3) is 3.60. The number of benzene rings is 2. The first-order chi connectivity index (χ1) is 9.56. The van der Waals surface area contributed by atoms with Crippen LogP contribution in [0.5, 0.6) is 5.75 Å². The molecule has 1 N–H and O–H groups in total. The van der Waals surface area contributed by atoms with E-state index in [1.54, 1.807) is 6.07 Å². The van der Waals surface area contributed by atoms with Crippen LogP contribution in [0.1, 0.15) is 16.7 Å². The van der Waals surface area contributed by atoms with Crippen LogP contribution in [0.4, 0.5) is 0 Å². The average Bonchev–Trinajstić information content (AvgIpc) is 2.42. The van der Waals surface area contributed by atoms with E-state index in [9.17, 15) is 9.90 Å². The molecule has 0 bridgehead atoms. The Morgan fingerprint density at radius 3 is 2.35 bits per heavy atom. The van der Waals surface area contributed by atoms with Gasteiger partial charge < -0.3 is 9.84 Å². The molecule has 0 aliphatic heterocycles. The molecule has 2 aromatic carbocycles. The monoisotopic (exact) mass is 270 g/mol. The Kier molecular flexibility index (Phi) is 4.41. The zero-order valence-corrected chi connectivity index (χ0v) is 11.7. The zero-order chi connectivity index (χ0) is 14.5. The number of para-hydroxylation sites is 1. The molecule has 3 nitrogen and oxygen atoms in total. The van der Waals surface area contributed by atoms with Gasteiger partial charge in [0.1, 0.15) is 5.75 Å². The molecule has 0 amide bonds. The van der Waals surface area contributed by atoms with Crippen molar-refractivity contribution in [2.45, 2.75) is 26.4 Å². The van der Waals surface area contributed by atoms with Crippen LogP contribution in [0.3, 0.4) is 0 Å². The second-order valence-electron chi connectivity index (χ2n) is 4.90. The Labute approximate surface area is 118 Å². The third-order valence-corrected chi connectivity index (χ3v) is 3.18. The van der Waals surface area contributed by atoms with E-state index in [1.807, 2.05) is 56.3 Å². The number of aryl methyl sites for hydroxylation is 2. The Morgan fingerprint density at radius 1 is 1.10 bits per heavy atom. The first-order valence-electron chi connectivity index (χ1n) is 6.57. The van der Waals surface area contributed by atoms with Gasteiger partial charge in [0.25, 0.3) is 0 Å². The fraction of sp³-hybridized carbons (Fsp3) is 0.235. The Bertz CT molecular complexity index is 587. The zero-order valence-electron chi connectivity index (χ0n) is 11.7. The van der Waals surface area contributed by atoms with Gasteiger partial charge in [0, 0.05) is 6.42 Å². The molecule has 1 unspecified atom stereocenters. The molecule has 0 saturated heterocycles. The predicted molar refractivity (Wildman–Crippen MR) is 78.1 cm³/mol. The summed E-state index contributed by atoms with van der Waals surface area (Å²) in [5, 5.41) is 9.32. The largest absolute Gasteiger partial charge is 0.478 e. The predicted octanol–water partition coefficient (Wildman–Crippen LogP) is 3.38. The summed E-state index contributed by atoms with van der Waals surface area (Å²) >= 11 is 0. The second-order valence-corrected chi connectivity index (χ2v) is 4.90. The van der Waals surface area contributed by atoms with Gasteiger partial charge in [0.15, 0.2) is 6.10 Å². The number of carboxylic acids is 1. The van der Waals surface area contributed by atoms with E-state index in [1.165, 1.54) is 0 Å². The van der Waals surface area contributed by atoms with Gasteiger partial charge in [-0.1, -0.05) is 48.0 Å². The van der Waals surface area contributed by atoms with Gasteiger partial charge in [0.2, 0.25) is 0 Å². The van der Waals surface area contributed by atoms with E-state index in [2.05, 4.69) is 0 Å². The van der Waals surface area contributed by atoms with Crippen molar-refractivity contribution in [1.82, 2.24) is 0 Å². The summed E-state index contributed by atoms with van der Waals surface area (Å²) in [7, 11) is 0. The van der Waals surface area contributed by atoms with E-state index in [4.69, 9.17) is 4.74 Å². The number of aliphatic carboxylic acids is 1. The molecule has 0 aromatic heterocycles. The van der Waals surface area contributed by atoms with Crippen LogP contribution in [-0.2, 0) is 11.2 Å². The summed E-state index contributed by atoms with van der Waals surface area (Å²) < 4.78 is 5.64. The van der Waals surface area contributed by atoms with Crippen molar-refractivity contribution in [2.24, 2.45) is 0 Å². The highest BCUT2D eigenvalue weighted by Crippen LogP contribution is 2.19. The highest BCUT2D eigenvalue weighted by Gasteiger charge is 2.20. The smallest absolute Gasteiger partial charge is 0.345 e. The van der Waals surface area contributed by atoms with Gasteiger partial charge in [-0.05, 0) is 31.0 Å². The summed E-state index contributed by atoms with van der Waals surface area (Å²) in [6.45, 7) is 3.91. The third-order valence-electron chi connectivity index (χ3n) is 3.18. The van der Waals surface area contributed by atoms with E-state index < -0.39 is 12.1 Å². The van der Waals surface area contributed by atoms with E-state index in [-0.39, 0.29) is 0 Å². The first-order valence-corrected chi connectivity index (χ1v) is 6.57. The summed E-state index contributed by atoms with van der Waals surface area (Å²) in [4.78, 5) is 11.4. The minimum atomic E-state index is -0.950. The number of rotatable bonds is 5. The Hall–Kier alpha value is -2.29. The molecule has 0 heterocycles. The highest BCUT2D eigenvalue weighted by atomic mass is 16.5. The van der Waals surface area contributed by atoms with Crippen molar-refractivity contribution < 1.29 is 14.6 Å². The van der Waals surface area contributed by atoms with Gasteiger partial charge in [0.05, 0.1) is 0 Å². The molecule has 0 spiro atoms. The molecular formula is C17H18O3. The number of hydrogen-bond acceptors (Lipinski definition) is 2. The standard InChI is InChI=1S/C17H18O3/c1-12-7-9-14(10-8-12)11-16(17(18)19)20-15-6-4-3-5-13(15)2/h3-10,16H,11H2,1-2H3,(H,18,19). The molecule has 2 rings (SSSR count). The van der Waals surface area contributed by atoms with Gasteiger partial charge in [-0.3, -0.25) is 0 Å². The van der Waals surface area contributed by atoms with Crippen molar-refractivity contribution in [3.05, 3.63) is 65.2 Å². The molecule has 0 aliphatic rings. The van der Waals surface area contributed by atoms with Crippen LogP contribution >= 0.6 is 0 Å². The molecule has 0 radical (unpaired) electrons. The van der Waals surface area contributed by atoms with Gasteiger partial charge in [-0.15, -0.1) is 0 Å². The average molecular weight is 270 g/mol. The maximum atomic E-state index is 11.4. The fourth-order valence-electron chi connectivity index (χ4n) is 1.96. The molecular weight excluding hydrogens is 252 g/mol. The van der Waals surface area contributed by atoms with Crippen molar-refractivity contribution >= 4 is 5.97 Å². The molecule has 104 valence electrons. The van der Waals surface area contributed by atoms with Gasteiger partial charge >= 0.3 is 5.97 Å². The van der Waals surface area contributed by atoms with E-state index >= 15 is 0 Å². The normalized spacial score (nSPS) is 11.9. The van der Waals surface area contributed by atoms with Gasteiger partial charge in [-0.25, -0.2) is 4.79 Å². The van der Waals surface area contributed by atoms with Crippen molar-refractivity contribution in [3.63, 3.8) is 0 Å². The van der Waals surface area contributed by atoms with Crippen LogP contribution in [0.15, 0.2) is 48.5 Å². The molecule has 0 fully saturated rings. The van der Waals surface area contributed by atoms with Crippen LogP contribution in [-0.4, -0.2) is 17.2 Å². The molecule has 3 heteroatoms. The summed E-state index contributed by atoms with van der Waals surface area (Å²) in [6.07, 6.45) is -0.525. The van der Waals surface area contributed by atoms with Crippen molar-refractivity contribution in [3.8, 4) is 5.75 Å². The lowest BCUT2D eigenvalue weighted by Crippen LogP contribution is -2.29. The summed E-state index contributed by atoms with van der Waals surface area (Å²) in [5.41, 5.74) is 3.04. The lowest BCUT2D eigenvalue weighted by atomic mass is 10.1. The number of hydrogen-bond donors (Lipinski definition) is 1. The highest BCUT2D eigenvalue weighted by molar-refractivity contribution is 5.73. The van der Waals surface area contributed by atoms with Gasteiger partial charge in [-0.2, -0.15) is 0 Å². The van der Waals surface area contributed by atoms with E-state index in [0.717, 1.165) is 16.7 Å². The van der Waals surface area contributed by atoms with E-state index in [0.29, 0.717) is 12.2 Å². The maximum absolute atomic E-state index is 11.4. The van der Waals surface area contributed by atoms with Crippen LogP contribution in [0.2, 0.25) is 0 Å². The maximum Gasteiger partial charge on any atom is 0.345 e. The molecule has 0 saturated carbocycles. The van der Waals surface area contributed by atoms with Crippen molar-refractivity contribution in [2.75, 3.05) is 0 Å². The minimum Gasteiger partial charge on any atom is -0.478 e. The molecule has 1 atom stereocenters. The molecule has 20 heavy (non-hydrogen) atoms. The molecule has 0 aliphatic carbocycles. The fourth-order valence-corrected chi connectivity index (χ4v) is 1.96. The van der Waals surface area contributed by atoms with Crippen LogP contribution in [0, 0.1) is 13.8 Å². The number of carboxylic acid groups (broad SMARTS) is 1. The van der Waals surface area contributed by atoms with Crippen LogP contribution in [0.25, 0.3) is 0 Å². The second kappa shape index (κ2) is 6.24. The number of ether oxygens (including phenoxy) is 1. The Morgan fingerprint density at radius 2 is 1.75 bits per heavy atom. The molecule has 2 aromatic rings. The number of carbonyl (C=O) groups is 1. The minimum absolute atomic E-state index is 0.351. The SMILES string of the molecule is Cc1ccc(CC(Oc2ccccc2C)C(=O)O)cc1. The topological polar surface area (TPSA) is 46.5 Å². The summed E-state index contributed by atoms with van der Waals surface area (Å²) in [5.74, 6) is -0.333. The first kappa shape index (κ1) is 14.1. The quantitative estimate of drug-likeness (QED) is 0.906. The van der Waals surface area contributed by atoms with Crippen molar-refractivity contribution in [1.29, 1.82) is 0 Å². The Balaban J connectivity index is 2.14.